The third kappa shape index (κ3) is 6.29. The van der Waals surface area contributed by atoms with Crippen LogP contribution in [0.5, 0.6) is 5.75 Å². The lowest BCUT2D eigenvalue weighted by molar-refractivity contribution is -0.116. The number of carbonyl (C=O) groups is 2. The second-order valence-corrected chi connectivity index (χ2v) is 5.85. The molecule has 0 saturated carbocycles. The number of carbonyl (C=O) groups excluding carboxylic acids is 2. The molecule has 21 heavy (non-hydrogen) atoms. The number of aryl methyl sites for hydroxylation is 1. The van der Waals surface area contributed by atoms with Crippen LogP contribution >= 0.6 is 0 Å². The second-order valence-electron chi connectivity index (χ2n) is 5.85. The Morgan fingerprint density at radius 2 is 1.90 bits per heavy atom. The molecule has 0 bridgehead atoms. The highest BCUT2D eigenvalue weighted by Crippen LogP contribution is 2.24. The van der Waals surface area contributed by atoms with Gasteiger partial charge in [-0.05, 0) is 57.9 Å². The topological polar surface area (TPSA) is 64.6 Å². The van der Waals surface area contributed by atoms with Crippen molar-refractivity contribution in [3.8, 4) is 5.75 Å². The van der Waals surface area contributed by atoms with E-state index >= 15 is 0 Å². The van der Waals surface area contributed by atoms with Crippen molar-refractivity contribution in [3.05, 3.63) is 23.8 Å². The van der Waals surface area contributed by atoms with Crippen molar-refractivity contribution in [1.29, 1.82) is 0 Å². The van der Waals surface area contributed by atoms with Gasteiger partial charge < -0.3 is 14.3 Å². The lowest BCUT2D eigenvalue weighted by Crippen LogP contribution is -2.27. The molecule has 0 aliphatic rings. The van der Waals surface area contributed by atoms with E-state index in [-0.39, 0.29) is 5.78 Å². The fourth-order valence-corrected chi connectivity index (χ4v) is 1.75. The molecule has 0 aliphatic carbocycles. The standard InChI is InChI=1S/C16H23NO4/c1-11(18)6-7-12-10-13(20-5)8-9-14(12)17-15(19)21-16(2,3)4/h8-10H,6-7H2,1-5H3,(H,17,19). The van der Waals surface area contributed by atoms with Gasteiger partial charge in [0.2, 0.25) is 0 Å². The van der Waals surface area contributed by atoms with E-state index in [0.29, 0.717) is 24.3 Å². The third-order valence-electron chi connectivity index (χ3n) is 2.69. The SMILES string of the molecule is COc1ccc(NC(=O)OC(C)(C)C)c(CCC(C)=O)c1. The van der Waals surface area contributed by atoms with Gasteiger partial charge in [0.15, 0.2) is 0 Å². The number of benzene rings is 1. The lowest BCUT2D eigenvalue weighted by Gasteiger charge is -2.20. The Bertz CT molecular complexity index is 517. The molecule has 0 aliphatic heterocycles. The Labute approximate surface area is 125 Å². The molecule has 1 amide bonds. The summed E-state index contributed by atoms with van der Waals surface area (Å²) >= 11 is 0. The minimum atomic E-state index is -0.559. The summed E-state index contributed by atoms with van der Waals surface area (Å²) in [5.74, 6) is 0.782. The van der Waals surface area contributed by atoms with Crippen LogP contribution in [-0.4, -0.2) is 24.6 Å². The molecule has 1 aromatic rings. The summed E-state index contributed by atoms with van der Waals surface area (Å²) in [4.78, 5) is 23.0. The highest BCUT2D eigenvalue weighted by molar-refractivity contribution is 5.86. The van der Waals surface area contributed by atoms with Crippen molar-refractivity contribution < 1.29 is 19.1 Å². The molecular weight excluding hydrogens is 270 g/mol. The zero-order valence-corrected chi connectivity index (χ0v) is 13.3. The van der Waals surface area contributed by atoms with Crippen molar-refractivity contribution >= 4 is 17.6 Å². The van der Waals surface area contributed by atoms with E-state index in [1.807, 2.05) is 6.07 Å². The van der Waals surface area contributed by atoms with Crippen LogP contribution in [0.3, 0.4) is 0 Å². The first-order valence-electron chi connectivity index (χ1n) is 6.87. The lowest BCUT2D eigenvalue weighted by atomic mass is 10.1. The third-order valence-corrected chi connectivity index (χ3v) is 2.69. The maximum atomic E-state index is 11.8. The summed E-state index contributed by atoms with van der Waals surface area (Å²) in [7, 11) is 1.57. The van der Waals surface area contributed by atoms with E-state index in [0.717, 1.165) is 5.56 Å². The van der Waals surface area contributed by atoms with Gasteiger partial charge in [0, 0.05) is 12.1 Å². The molecule has 5 heteroatoms. The van der Waals surface area contributed by atoms with Gasteiger partial charge in [-0.15, -0.1) is 0 Å². The number of methoxy groups -OCH3 is 1. The van der Waals surface area contributed by atoms with Crippen LogP contribution < -0.4 is 10.1 Å². The summed E-state index contributed by atoms with van der Waals surface area (Å²) in [6.45, 7) is 6.95. The molecule has 0 radical (unpaired) electrons. The highest BCUT2D eigenvalue weighted by Gasteiger charge is 2.17. The van der Waals surface area contributed by atoms with Gasteiger partial charge in [0.05, 0.1) is 7.11 Å². The molecule has 0 fully saturated rings. The normalized spacial score (nSPS) is 10.9. The van der Waals surface area contributed by atoms with E-state index in [1.54, 1.807) is 46.9 Å². The molecule has 0 spiro atoms. The molecule has 0 aromatic heterocycles. The average molecular weight is 293 g/mol. The maximum absolute atomic E-state index is 11.8. The van der Waals surface area contributed by atoms with Crippen molar-refractivity contribution in [2.45, 2.75) is 46.1 Å². The van der Waals surface area contributed by atoms with E-state index in [9.17, 15) is 9.59 Å². The molecule has 5 nitrogen and oxygen atoms in total. The molecule has 0 heterocycles. The van der Waals surface area contributed by atoms with Gasteiger partial charge in [-0.2, -0.15) is 0 Å². The first-order chi connectivity index (χ1) is 9.71. The number of nitrogens with one attached hydrogen (secondary N) is 1. The molecule has 1 aromatic carbocycles. The van der Waals surface area contributed by atoms with Crippen LogP contribution in [0, 0.1) is 0 Å². The minimum absolute atomic E-state index is 0.0982. The molecule has 1 rings (SSSR count). The van der Waals surface area contributed by atoms with Crippen molar-refractivity contribution in [1.82, 2.24) is 0 Å². The summed E-state index contributed by atoms with van der Waals surface area (Å²) in [5.41, 5.74) is 0.914. The van der Waals surface area contributed by atoms with Crippen molar-refractivity contribution in [2.75, 3.05) is 12.4 Å². The smallest absolute Gasteiger partial charge is 0.412 e. The van der Waals surface area contributed by atoms with Crippen molar-refractivity contribution in [2.24, 2.45) is 0 Å². The number of hydrogen-bond donors (Lipinski definition) is 1. The number of hydrogen-bond acceptors (Lipinski definition) is 4. The Morgan fingerprint density at radius 3 is 2.43 bits per heavy atom. The fourth-order valence-electron chi connectivity index (χ4n) is 1.75. The molecule has 116 valence electrons. The first-order valence-corrected chi connectivity index (χ1v) is 6.87. The Morgan fingerprint density at radius 1 is 1.24 bits per heavy atom. The zero-order chi connectivity index (χ0) is 16.0. The predicted octanol–water partition coefficient (Wildman–Crippen LogP) is 3.56. The van der Waals surface area contributed by atoms with Crippen LogP contribution in [0.1, 0.15) is 39.7 Å². The van der Waals surface area contributed by atoms with Gasteiger partial charge in [-0.3, -0.25) is 5.32 Å². The number of amides is 1. The van der Waals surface area contributed by atoms with Gasteiger partial charge in [-0.25, -0.2) is 4.79 Å². The van der Waals surface area contributed by atoms with Gasteiger partial charge in [-0.1, -0.05) is 0 Å². The van der Waals surface area contributed by atoms with E-state index < -0.39 is 11.7 Å². The van der Waals surface area contributed by atoms with Crippen LogP contribution in [0.4, 0.5) is 10.5 Å². The monoisotopic (exact) mass is 293 g/mol. The molecule has 0 unspecified atom stereocenters. The number of anilines is 1. The molecule has 0 saturated heterocycles. The van der Waals surface area contributed by atoms with Gasteiger partial charge >= 0.3 is 6.09 Å². The first kappa shape index (κ1) is 17.0. The molecule has 0 atom stereocenters. The minimum Gasteiger partial charge on any atom is -0.497 e. The Hall–Kier alpha value is -2.04. The highest BCUT2D eigenvalue weighted by atomic mass is 16.6. The fraction of sp³-hybridized carbons (Fsp3) is 0.500. The molecule has 1 N–H and O–H groups in total. The summed E-state index contributed by atoms with van der Waals surface area (Å²) in [5, 5.41) is 2.71. The largest absolute Gasteiger partial charge is 0.497 e. The van der Waals surface area contributed by atoms with Crippen LogP contribution in [-0.2, 0) is 16.0 Å². The number of Topliss-reactive ketones (excluding diaryl/α,β-unsaturated/α-hetero) is 1. The number of ketones is 1. The van der Waals surface area contributed by atoms with Crippen molar-refractivity contribution in [3.63, 3.8) is 0 Å². The van der Waals surface area contributed by atoms with Crippen LogP contribution in [0.25, 0.3) is 0 Å². The Balaban J connectivity index is 2.89. The summed E-state index contributed by atoms with van der Waals surface area (Å²) < 4.78 is 10.4. The summed E-state index contributed by atoms with van der Waals surface area (Å²) in [6.07, 6.45) is 0.435. The van der Waals surface area contributed by atoms with Gasteiger partial charge in [0.25, 0.3) is 0 Å². The quantitative estimate of drug-likeness (QED) is 0.901. The second kappa shape index (κ2) is 7.11. The number of rotatable bonds is 5. The maximum Gasteiger partial charge on any atom is 0.412 e. The van der Waals surface area contributed by atoms with Crippen LogP contribution in [0.2, 0.25) is 0 Å². The Kier molecular flexibility index (Phi) is 5.76. The number of ether oxygens (including phenoxy) is 2. The summed E-state index contributed by atoms with van der Waals surface area (Å²) in [6, 6.07) is 5.32. The average Bonchev–Trinajstić information content (AvgIpc) is 2.35. The molecular formula is C16H23NO4. The van der Waals surface area contributed by atoms with E-state index in [1.165, 1.54) is 0 Å². The van der Waals surface area contributed by atoms with Gasteiger partial charge in [0.1, 0.15) is 17.1 Å². The zero-order valence-electron chi connectivity index (χ0n) is 13.3. The van der Waals surface area contributed by atoms with E-state index in [4.69, 9.17) is 9.47 Å². The van der Waals surface area contributed by atoms with E-state index in [2.05, 4.69) is 5.32 Å². The predicted molar refractivity (Wildman–Crippen MR) is 81.9 cm³/mol. The van der Waals surface area contributed by atoms with Crippen LogP contribution in [0.15, 0.2) is 18.2 Å².